The monoisotopic (exact) mass is 737 g/mol. The van der Waals surface area contributed by atoms with Gasteiger partial charge < -0.3 is 44.1 Å². The Labute approximate surface area is 298 Å². The second kappa shape index (κ2) is 14.1. The number of nitrogens with zero attached hydrogens (tertiary/aromatic N) is 4. The van der Waals surface area contributed by atoms with Crippen molar-refractivity contribution < 1.29 is 52.8 Å². The fraction of sp³-hybridized carbons (Fsp3) is 0.353. The minimum Gasteiger partial charge on any atom is -0.484 e. The van der Waals surface area contributed by atoms with Gasteiger partial charge in [0, 0.05) is 55.1 Å². The number of carboxylic acid groups (broad SMARTS) is 2. The van der Waals surface area contributed by atoms with E-state index in [1.54, 1.807) is 45.9 Å². The molecule has 18 heteroatoms. The number of aromatic carboxylic acids is 1. The first-order chi connectivity index (χ1) is 25.0. The Morgan fingerprint density at radius 1 is 1.00 bits per heavy atom. The molecule has 1 saturated carbocycles. The molecule has 0 radical (unpaired) electrons. The van der Waals surface area contributed by atoms with Crippen LogP contribution in [0.4, 0.5) is 19.7 Å². The fourth-order valence-electron chi connectivity index (χ4n) is 6.37. The maximum atomic E-state index is 15.4. The predicted molar refractivity (Wildman–Crippen MR) is 182 cm³/mol. The summed E-state index contributed by atoms with van der Waals surface area (Å²) < 4.78 is 33.0. The van der Waals surface area contributed by atoms with Gasteiger partial charge in [0.25, 0.3) is 11.8 Å². The molecule has 16 nitrogen and oxygen atoms in total. The fourth-order valence-corrected chi connectivity index (χ4v) is 7.67. The summed E-state index contributed by atoms with van der Waals surface area (Å²) in [7, 11) is 0. The normalized spacial score (nSPS) is 19.9. The number of piperazine rings is 1. The largest absolute Gasteiger partial charge is 0.512 e. The zero-order chi connectivity index (χ0) is 36.7. The molecule has 3 aromatic rings. The maximum absolute atomic E-state index is 15.4. The number of amides is 3. The Morgan fingerprint density at radius 2 is 1.73 bits per heavy atom. The van der Waals surface area contributed by atoms with Crippen molar-refractivity contribution in [1.82, 2.24) is 19.7 Å². The molecule has 4 aliphatic rings. The molecule has 3 amide bonds. The van der Waals surface area contributed by atoms with E-state index in [1.165, 1.54) is 22.9 Å². The molecule has 1 aliphatic carbocycles. The highest BCUT2D eigenvalue weighted by atomic mass is 32.2. The van der Waals surface area contributed by atoms with Gasteiger partial charge in [-0.05, 0) is 37.1 Å². The predicted octanol–water partition coefficient (Wildman–Crippen LogP) is 2.82. The number of anilines is 1. The first-order valence-corrected chi connectivity index (χ1v) is 17.4. The van der Waals surface area contributed by atoms with E-state index >= 15 is 4.39 Å². The third kappa shape index (κ3) is 6.80. The molecule has 4 heterocycles. The number of benzene rings is 2. The minimum atomic E-state index is -1.67. The SMILES string of the molecule is O=C(COc1ccccc1)N[C@@H]1C(=O)N2C(OC(=O)O)=C(COC(=O)N3CCN(c4cc5c(cc4F)c(=O)c(C(=O)O)cn5C4CC4)CC3)CS[C@H]12. The lowest BCUT2D eigenvalue weighted by atomic mass is 10.1. The van der Waals surface area contributed by atoms with Crippen LogP contribution in [0.5, 0.6) is 5.75 Å². The topological polar surface area (TPSA) is 197 Å². The van der Waals surface area contributed by atoms with E-state index in [1.807, 2.05) is 0 Å². The number of halogens is 1. The molecule has 3 aliphatic heterocycles. The summed E-state index contributed by atoms with van der Waals surface area (Å²) in [6.07, 6.45) is 0.544. The standard InChI is InChI=1S/C34H32FN5O11S/c35-23-12-21-24(39(19-6-7-19)14-22(28(21)42)32(44)45)13-25(23)37-8-10-38(11-9-37)33(46)50-15-18-17-52-31-27(29(43)40(31)30(18)51-34(47)48)36-26(41)16-49-20-4-2-1-3-5-20/h1-5,12-14,19,27,31H,6-11,15-17H2,(H,36,41)(H,44,45)(H,47,48)/t27-,31-/m1/s1. The van der Waals surface area contributed by atoms with Gasteiger partial charge in [-0.3, -0.25) is 19.3 Å². The number of rotatable bonds is 10. The number of nitrogens with one attached hydrogen (secondary N) is 1. The van der Waals surface area contributed by atoms with Gasteiger partial charge in [-0.15, -0.1) is 11.8 Å². The second-order valence-electron chi connectivity index (χ2n) is 12.5. The van der Waals surface area contributed by atoms with E-state index in [-0.39, 0.29) is 73.7 Å². The van der Waals surface area contributed by atoms with Gasteiger partial charge in [0.15, 0.2) is 6.61 Å². The summed E-state index contributed by atoms with van der Waals surface area (Å²) in [5.41, 5.74) is -0.289. The summed E-state index contributed by atoms with van der Waals surface area (Å²) in [4.78, 5) is 78.9. The molecule has 7 rings (SSSR count). The second-order valence-corrected chi connectivity index (χ2v) is 13.6. The van der Waals surface area contributed by atoms with Gasteiger partial charge in [0.05, 0.1) is 11.2 Å². The number of aromatic nitrogens is 1. The third-order valence-corrected chi connectivity index (χ3v) is 10.5. The van der Waals surface area contributed by atoms with Crippen LogP contribution in [0, 0.1) is 5.82 Å². The molecule has 52 heavy (non-hydrogen) atoms. The van der Waals surface area contributed by atoms with Gasteiger partial charge in [-0.2, -0.15) is 0 Å². The van der Waals surface area contributed by atoms with Crippen molar-refractivity contribution in [3.63, 3.8) is 0 Å². The molecule has 1 aromatic heterocycles. The first kappa shape index (κ1) is 34.7. The molecule has 3 N–H and O–H groups in total. The average Bonchev–Trinajstić information content (AvgIpc) is 3.98. The van der Waals surface area contributed by atoms with Crippen LogP contribution in [0.1, 0.15) is 29.2 Å². The molecule has 0 unspecified atom stereocenters. The molecular weight excluding hydrogens is 705 g/mol. The smallest absolute Gasteiger partial charge is 0.484 e. The summed E-state index contributed by atoms with van der Waals surface area (Å²) in [5.74, 6) is -2.87. The number of fused-ring (bicyclic) bond motifs is 2. The molecule has 2 atom stereocenters. The van der Waals surface area contributed by atoms with E-state index in [0.29, 0.717) is 11.3 Å². The highest BCUT2D eigenvalue weighted by Gasteiger charge is 2.54. The molecule has 2 saturated heterocycles. The van der Waals surface area contributed by atoms with Crippen LogP contribution < -0.4 is 20.4 Å². The Balaban J connectivity index is 0.970. The number of hydrogen-bond acceptors (Lipinski definition) is 11. The molecular formula is C34H32FN5O11S. The van der Waals surface area contributed by atoms with Gasteiger partial charge in [0.1, 0.15) is 35.2 Å². The van der Waals surface area contributed by atoms with Crippen LogP contribution in [0.3, 0.4) is 0 Å². The number of carbonyl (C=O) groups excluding carboxylic acids is 3. The van der Waals surface area contributed by atoms with Crippen molar-refractivity contribution in [2.45, 2.75) is 30.3 Å². The Bertz CT molecular complexity index is 2060. The third-order valence-electron chi connectivity index (χ3n) is 9.13. The number of pyridine rings is 1. The Morgan fingerprint density at radius 3 is 2.40 bits per heavy atom. The van der Waals surface area contributed by atoms with Crippen molar-refractivity contribution in [2.75, 3.05) is 50.0 Å². The molecule has 0 bridgehead atoms. The van der Waals surface area contributed by atoms with Crippen LogP contribution in [-0.4, -0.2) is 111 Å². The van der Waals surface area contributed by atoms with Crippen molar-refractivity contribution in [1.29, 1.82) is 0 Å². The highest BCUT2D eigenvalue weighted by molar-refractivity contribution is 8.00. The van der Waals surface area contributed by atoms with Crippen molar-refractivity contribution in [3.8, 4) is 5.75 Å². The summed E-state index contributed by atoms with van der Waals surface area (Å²) in [5, 5.41) is 20.8. The number of carboxylic acids is 1. The number of carbonyl (C=O) groups is 5. The maximum Gasteiger partial charge on any atom is 0.512 e. The molecule has 0 spiro atoms. The van der Waals surface area contributed by atoms with Crippen molar-refractivity contribution in [3.05, 3.63) is 81.7 Å². The van der Waals surface area contributed by atoms with Crippen LogP contribution >= 0.6 is 11.8 Å². The van der Waals surface area contributed by atoms with Gasteiger partial charge in [0.2, 0.25) is 11.3 Å². The van der Waals surface area contributed by atoms with Gasteiger partial charge in [-0.1, -0.05) is 18.2 Å². The van der Waals surface area contributed by atoms with Crippen LogP contribution in [0.25, 0.3) is 10.9 Å². The minimum absolute atomic E-state index is 0.0166. The lowest BCUT2D eigenvalue weighted by molar-refractivity contribution is -0.149. The lowest BCUT2D eigenvalue weighted by Gasteiger charge is -2.49. The summed E-state index contributed by atoms with van der Waals surface area (Å²) in [6.45, 7) is 0.0409. The van der Waals surface area contributed by atoms with Crippen LogP contribution in [0.2, 0.25) is 0 Å². The summed E-state index contributed by atoms with van der Waals surface area (Å²) >= 11 is 1.24. The van der Waals surface area contributed by atoms with E-state index in [9.17, 15) is 39.0 Å². The Hall–Kier alpha value is -5.78. The molecule has 2 aromatic carbocycles. The number of hydrogen-bond donors (Lipinski definition) is 3. The zero-order valence-electron chi connectivity index (χ0n) is 27.4. The quantitative estimate of drug-likeness (QED) is 0.203. The number of β-lactam (4-membered cyclic amide) rings is 1. The van der Waals surface area contributed by atoms with E-state index in [0.717, 1.165) is 23.8 Å². The Kier molecular flexibility index (Phi) is 9.39. The van der Waals surface area contributed by atoms with Crippen LogP contribution in [0.15, 0.2) is 64.9 Å². The lowest BCUT2D eigenvalue weighted by Crippen LogP contribution is -2.70. The van der Waals surface area contributed by atoms with E-state index in [2.05, 4.69) is 5.32 Å². The molecule has 272 valence electrons. The highest BCUT2D eigenvalue weighted by Crippen LogP contribution is 2.41. The number of thioether (sulfide) groups is 1. The van der Waals surface area contributed by atoms with Crippen molar-refractivity contribution >= 4 is 58.4 Å². The van der Waals surface area contributed by atoms with Gasteiger partial charge in [-0.25, -0.2) is 18.8 Å². The van der Waals surface area contributed by atoms with Crippen molar-refractivity contribution in [2.24, 2.45) is 0 Å². The van der Waals surface area contributed by atoms with E-state index in [4.69, 9.17) is 14.2 Å². The zero-order valence-corrected chi connectivity index (χ0v) is 28.2. The average molecular weight is 738 g/mol. The summed E-state index contributed by atoms with van der Waals surface area (Å²) in [6, 6.07) is 10.3. The van der Waals surface area contributed by atoms with Crippen LogP contribution in [-0.2, 0) is 19.1 Å². The van der Waals surface area contributed by atoms with E-state index < -0.39 is 58.3 Å². The molecule has 3 fully saturated rings. The van der Waals surface area contributed by atoms with Gasteiger partial charge >= 0.3 is 18.2 Å². The number of ether oxygens (including phenoxy) is 3. The first-order valence-electron chi connectivity index (χ1n) is 16.3. The number of para-hydroxylation sites is 1.